The van der Waals surface area contributed by atoms with Gasteiger partial charge in [-0.3, -0.25) is 0 Å². The van der Waals surface area contributed by atoms with E-state index in [-0.39, 0.29) is 11.3 Å². The standard InChI is InChI=1S/C16H20O9/c1-2-7-23-15(22)8-3-5-9(6-4-8)24-16-12(19)10(17)11(18)13(25-16)14(20)21/h3-6,10-13,16-19H,2,7H2,1H3,(H,20,21)/t10-,11-,12+,13-,16+/m0/s1/i1D3,2D2,7D2. The average molecular weight is 363 g/mol. The average Bonchev–Trinajstić information content (AvgIpc) is 2.67. The lowest BCUT2D eigenvalue weighted by molar-refractivity contribution is -0.271. The van der Waals surface area contributed by atoms with E-state index in [1.165, 1.54) is 0 Å². The highest BCUT2D eigenvalue weighted by Crippen LogP contribution is 2.25. The molecule has 1 aliphatic heterocycles. The third-order valence-electron chi connectivity index (χ3n) is 3.35. The van der Waals surface area contributed by atoms with Crippen LogP contribution in [0.1, 0.15) is 33.2 Å². The number of aliphatic hydroxyl groups excluding tert-OH is 3. The Kier molecular flexibility index (Phi) is 3.77. The monoisotopic (exact) mass is 363 g/mol. The highest BCUT2D eigenvalue weighted by Gasteiger charge is 2.48. The lowest BCUT2D eigenvalue weighted by Crippen LogP contribution is -2.61. The summed E-state index contributed by atoms with van der Waals surface area (Å²) in [7, 11) is 0. The van der Waals surface area contributed by atoms with E-state index in [0.717, 1.165) is 24.3 Å². The molecule has 1 saturated heterocycles. The summed E-state index contributed by atoms with van der Waals surface area (Å²) < 4.78 is 65.7. The molecular weight excluding hydrogens is 336 g/mol. The molecule has 138 valence electrons. The minimum Gasteiger partial charge on any atom is -0.479 e. The summed E-state index contributed by atoms with van der Waals surface area (Å²) in [5.74, 6) is -3.09. The molecule has 0 bridgehead atoms. The second-order valence-electron chi connectivity index (χ2n) is 4.99. The molecule has 9 heteroatoms. The van der Waals surface area contributed by atoms with Crippen molar-refractivity contribution in [1.29, 1.82) is 0 Å². The number of aliphatic carboxylic acids is 1. The minimum absolute atomic E-state index is 0.0980. The molecule has 1 aromatic carbocycles. The third-order valence-corrected chi connectivity index (χ3v) is 3.35. The fourth-order valence-electron chi connectivity index (χ4n) is 2.08. The largest absolute Gasteiger partial charge is 0.479 e. The number of benzene rings is 1. The van der Waals surface area contributed by atoms with Gasteiger partial charge < -0.3 is 34.6 Å². The van der Waals surface area contributed by atoms with Crippen molar-refractivity contribution < 1.29 is 53.8 Å². The van der Waals surface area contributed by atoms with E-state index >= 15 is 0 Å². The summed E-state index contributed by atoms with van der Waals surface area (Å²) >= 11 is 0. The molecule has 0 spiro atoms. The van der Waals surface area contributed by atoms with Crippen LogP contribution in [0, 0.1) is 0 Å². The topological polar surface area (TPSA) is 143 Å². The van der Waals surface area contributed by atoms with Crippen molar-refractivity contribution >= 4 is 11.9 Å². The number of aliphatic hydroxyl groups is 3. The normalized spacial score (nSPS) is 34.8. The Labute approximate surface area is 153 Å². The number of rotatable bonds is 6. The third kappa shape index (κ3) is 4.45. The van der Waals surface area contributed by atoms with E-state index in [9.17, 15) is 24.9 Å². The van der Waals surface area contributed by atoms with Crippen LogP contribution in [0.5, 0.6) is 5.75 Å². The molecule has 25 heavy (non-hydrogen) atoms. The van der Waals surface area contributed by atoms with Crippen LogP contribution < -0.4 is 4.74 Å². The van der Waals surface area contributed by atoms with Crippen LogP contribution in [-0.2, 0) is 14.3 Å². The number of carboxylic acids is 1. The minimum atomic E-state index is -3.50. The molecule has 0 unspecified atom stereocenters. The van der Waals surface area contributed by atoms with Crippen LogP contribution in [0.15, 0.2) is 24.3 Å². The van der Waals surface area contributed by atoms with Crippen molar-refractivity contribution in [1.82, 2.24) is 0 Å². The lowest BCUT2D eigenvalue weighted by Gasteiger charge is -2.38. The number of carbonyl (C=O) groups is 2. The zero-order valence-corrected chi connectivity index (χ0v) is 12.5. The summed E-state index contributed by atoms with van der Waals surface area (Å²) in [6.45, 7) is -6.91. The smallest absolute Gasteiger partial charge is 0.338 e. The predicted molar refractivity (Wildman–Crippen MR) is 82.0 cm³/mol. The molecule has 1 aliphatic rings. The first-order chi connectivity index (χ1) is 14.5. The van der Waals surface area contributed by atoms with Gasteiger partial charge in [0, 0.05) is 6.85 Å². The number of hydrogen-bond donors (Lipinski definition) is 4. The molecule has 0 amide bonds. The molecule has 0 radical (unpaired) electrons. The molecule has 0 saturated carbocycles. The molecule has 2 rings (SSSR count). The van der Waals surface area contributed by atoms with Gasteiger partial charge in [0.1, 0.15) is 24.1 Å². The second-order valence-corrected chi connectivity index (χ2v) is 4.99. The Bertz CT molecular complexity index is 843. The molecule has 1 aromatic rings. The summed E-state index contributed by atoms with van der Waals surface area (Å²) in [6.07, 6.45) is -12.7. The first-order valence-corrected chi connectivity index (χ1v) is 6.92. The fourth-order valence-corrected chi connectivity index (χ4v) is 2.08. The van der Waals surface area contributed by atoms with Crippen molar-refractivity contribution in [3.63, 3.8) is 0 Å². The Balaban J connectivity index is 2.11. The van der Waals surface area contributed by atoms with Crippen LogP contribution in [0.25, 0.3) is 0 Å². The van der Waals surface area contributed by atoms with E-state index in [0.29, 0.717) is 0 Å². The second kappa shape index (κ2) is 8.26. The van der Waals surface area contributed by atoms with Gasteiger partial charge in [-0.05, 0) is 30.6 Å². The van der Waals surface area contributed by atoms with Crippen LogP contribution in [0.4, 0.5) is 0 Å². The van der Waals surface area contributed by atoms with Gasteiger partial charge in [-0.15, -0.1) is 0 Å². The zero-order valence-electron chi connectivity index (χ0n) is 19.5. The number of ether oxygens (including phenoxy) is 3. The van der Waals surface area contributed by atoms with Gasteiger partial charge in [0.25, 0.3) is 0 Å². The SMILES string of the molecule is [2H]C([2H])([2H])C([2H])([2H])C([2H])([2H])OC(=O)c1ccc(O[C@@H]2O[C@H](C(=O)O)[C@@H](O)[C@H](O)[C@H]2O)cc1. The molecule has 9 nitrogen and oxygen atoms in total. The summed E-state index contributed by atoms with van der Waals surface area (Å²) in [6, 6.07) is 4.28. The van der Waals surface area contributed by atoms with Crippen LogP contribution in [0.2, 0.25) is 0 Å². The Morgan fingerprint density at radius 1 is 1.20 bits per heavy atom. The van der Waals surface area contributed by atoms with Crippen LogP contribution in [0.3, 0.4) is 0 Å². The molecule has 5 atom stereocenters. The lowest BCUT2D eigenvalue weighted by atomic mass is 9.99. The predicted octanol–water partition coefficient (Wildman–Crippen LogP) is -0.476. The maximum Gasteiger partial charge on any atom is 0.338 e. The molecule has 0 aliphatic carbocycles. The van der Waals surface area contributed by atoms with E-state index in [1.54, 1.807) is 0 Å². The number of hydrogen-bond acceptors (Lipinski definition) is 8. The molecule has 1 heterocycles. The first kappa shape index (κ1) is 11.4. The van der Waals surface area contributed by atoms with Crippen LogP contribution >= 0.6 is 0 Å². The number of esters is 1. The van der Waals surface area contributed by atoms with Gasteiger partial charge in [0.05, 0.1) is 14.9 Å². The van der Waals surface area contributed by atoms with Crippen molar-refractivity contribution in [2.24, 2.45) is 0 Å². The maximum absolute atomic E-state index is 12.1. The van der Waals surface area contributed by atoms with Crippen molar-refractivity contribution in [2.45, 2.75) is 43.9 Å². The van der Waals surface area contributed by atoms with Gasteiger partial charge in [-0.2, -0.15) is 0 Å². The Morgan fingerprint density at radius 3 is 2.48 bits per heavy atom. The molecule has 4 N–H and O–H groups in total. The highest BCUT2D eigenvalue weighted by molar-refractivity contribution is 5.89. The number of carbonyl (C=O) groups excluding carboxylic acids is 1. The van der Waals surface area contributed by atoms with Crippen molar-refractivity contribution in [3.8, 4) is 5.75 Å². The Hall–Kier alpha value is -2.20. The van der Waals surface area contributed by atoms with Crippen LogP contribution in [-0.4, -0.2) is 69.6 Å². The van der Waals surface area contributed by atoms with Gasteiger partial charge >= 0.3 is 11.9 Å². The van der Waals surface area contributed by atoms with Crippen molar-refractivity contribution in [2.75, 3.05) is 6.56 Å². The van der Waals surface area contributed by atoms with Gasteiger partial charge in [0.2, 0.25) is 6.29 Å². The van der Waals surface area contributed by atoms with E-state index < -0.39 is 62.4 Å². The highest BCUT2D eigenvalue weighted by atomic mass is 16.7. The quantitative estimate of drug-likeness (QED) is 0.493. The number of carboxylic acid groups (broad SMARTS) is 1. The van der Waals surface area contributed by atoms with Crippen molar-refractivity contribution in [3.05, 3.63) is 29.8 Å². The van der Waals surface area contributed by atoms with E-state index in [1.807, 2.05) is 0 Å². The summed E-state index contributed by atoms with van der Waals surface area (Å²) in [4.78, 5) is 23.2. The van der Waals surface area contributed by atoms with E-state index in [2.05, 4.69) is 4.74 Å². The first-order valence-electron chi connectivity index (χ1n) is 10.4. The van der Waals surface area contributed by atoms with Gasteiger partial charge in [-0.1, -0.05) is 6.85 Å². The molecule has 0 aromatic heterocycles. The molecule has 1 fully saturated rings. The van der Waals surface area contributed by atoms with E-state index in [4.69, 9.17) is 24.2 Å². The Morgan fingerprint density at radius 2 is 1.88 bits per heavy atom. The zero-order chi connectivity index (χ0) is 24.6. The summed E-state index contributed by atoms with van der Waals surface area (Å²) in [5, 5.41) is 38.4. The van der Waals surface area contributed by atoms with Gasteiger partial charge in [0.15, 0.2) is 6.10 Å². The molecular formula is C16H20O9. The maximum atomic E-state index is 12.1. The van der Waals surface area contributed by atoms with Gasteiger partial charge in [-0.25, -0.2) is 9.59 Å². The fraction of sp³-hybridized carbons (Fsp3) is 0.500. The summed E-state index contributed by atoms with van der Waals surface area (Å²) in [5.41, 5.74) is -0.313.